The lowest BCUT2D eigenvalue weighted by atomic mass is 10.1. The minimum Gasteiger partial charge on any atom is -0.392 e. The third-order valence-corrected chi connectivity index (χ3v) is 2.91. The molecule has 0 aliphatic carbocycles. The Bertz CT molecular complexity index is 572. The number of hydrogen-bond donors (Lipinski definition) is 3. The van der Waals surface area contributed by atoms with E-state index in [0.717, 1.165) is 6.26 Å². The molecule has 0 aliphatic heterocycles. The van der Waals surface area contributed by atoms with Crippen molar-refractivity contribution in [3.63, 3.8) is 0 Å². The smallest absolute Gasteiger partial charge is 0.253 e. The fourth-order valence-corrected chi connectivity index (χ4v) is 2.08. The van der Waals surface area contributed by atoms with Gasteiger partial charge in [0.15, 0.2) is 0 Å². The first kappa shape index (κ1) is 15.7. The summed E-state index contributed by atoms with van der Waals surface area (Å²) in [5.41, 5.74) is 0.230. The second kappa shape index (κ2) is 6.23. The van der Waals surface area contributed by atoms with E-state index >= 15 is 0 Å². The van der Waals surface area contributed by atoms with E-state index in [-0.39, 0.29) is 17.8 Å². The van der Waals surface area contributed by atoms with Crippen molar-refractivity contribution in [2.75, 3.05) is 17.5 Å². The SMILES string of the molecule is CC(O)CNC(=O)c1cc(Cl)ccc1NS(C)(=O)=O. The monoisotopic (exact) mass is 306 g/mol. The Balaban J connectivity index is 3.03. The van der Waals surface area contributed by atoms with E-state index < -0.39 is 22.0 Å². The molecule has 106 valence electrons. The van der Waals surface area contributed by atoms with Crippen molar-refractivity contribution < 1.29 is 18.3 Å². The molecular weight excluding hydrogens is 292 g/mol. The van der Waals surface area contributed by atoms with Crippen LogP contribution in [0.5, 0.6) is 0 Å². The molecule has 0 aromatic heterocycles. The second-order valence-electron chi connectivity index (χ2n) is 4.12. The maximum Gasteiger partial charge on any atom is 0.253 e. The molecule has 0 saturated heterocycles. The Morgan fingerprint density at radius 3 is 2.63 bits per heavy atom. The lowest BCUT2D eigenvalue weighted by Crippen LogP contribution is -2.31. The van der Waals surface area contributed by atoms with E-state index in [0.29, 0.717) is 5.02 Å². The predicted octanol–water partition coefficient (Wildman–Crippen LogP) is 0.822. The molecule has 3 N–H and O–H groups in total. The molecule has 8 heteroatoms. The van der Waals surface area contributed by atoms with Crippen molar-refractivity contribution in [2.45, 2.75) is 13.0 Å². The molecule has 0 aliphatic rings. The van der Waals surface area contributed by atoms with Crippen molar-refractivity contribution >= 4 is 33.2 Å². The standard InChI is InChI=1S/C11H15ClN2O4S/c1-7(15)6-13-11(16)9-5-8(12)3-4-10(9)14-19(2,17)18/h3-5,7,14-15H,6H2,1-2H3,(H,13,16). The van der Waals surface area contributed by atoms with Crippen molar-refractivity contribution in [3.05, 3.63) is 28.8 Å². The molecule has 0 saturated carbocycles. The van der Waals surface area contributed by atoms with Crippen LogP contribution >= 0.6 is 11.6 Å². The molecule has 19 heavy (non-hydrogen) atoms. The molecule has 0 spiro atoms. The highest BCUT2D eigenvalue weighted by molar-refractivity contribution is 7.92. The molecule has 6 nitrogen and oxygen atoms in total. The maximum atomic E-state index is 11.9. The molecule has 0 fully saturated rings. The summed E-state index contributed by atoms with van der Waals surface area (Å²) in [6, 6.07) is 4.23. The van der Waals surface area contributed by atoms with Gasteiger partial charge in [0.25, 0.3) is 5.91 Å². The van der Waals surface area contributed by atoms with E-state index in [4.69, 9.17) is 16.7 Å². The summed E-state index contributed by atoms with van der Waals surface area (Å²) in [5, 5.41) is 11.9. The number of carbonyl (C=O) groups is 1. The van der Waals surface area contributed by atoms with Crippen molar-refractivity contribution in [3.8, 4) is 0 Å². The van der Waals surface area contributed by atoms with Crippen molar-refractivity contribution in [1.29, 1.82) is 0 Å². The fraction of sp³-hybridized carbons (Fsp3) is 0.364. The van der Waals surface area contributed by atoms with Crippen LogP contribution in [0, 0.1) is 0 Å². The third-order valence-electron chi connectivity index (χ3n) is 2.08. The van der Waals surface area contributed by atoms with E-state index in [2.05, 4.69) is 10.0 Å². The minimum absolute atomic E-state index is 0.0592. The van der Waals surface area contributed by atoms with Crippen LogP contribution in [0.2, 0.25) is 5.02 Å². The van der Waals surface area contributed by atoms with Crippen LogP contribution in [0.15, 0.2) is 18.2 Å². The molecule has 1 rings (SSSR count). The van der Waals surface area contributed by atoms with Gasteiger partial charge < -0.3 is 10.4 Å². The Morgan fingerprint density at radius 2 is 2.11 bits per heavy atom. The van der Waals surface area contributed by atoms with Crippen LogP contribution in [0.25, 0.3) is 0 Å². The molecule has 1 amide bonds. The minimum atomic E-state index is -3.50. The van der Waals surface area contributed by atoms with Crippen LogP contribution < -0.4 is 10.0 Å². The highest BCUT2D eigenvalue weighted by Gasteiger charge is 2.15. The van der Waals surface area contributed by atoms with Gasteiger partial charge in [-0.15, -0.1) is 0 Å². The van der Waals surface area contributed by atoms with Gasteiger partial charge in [-0.25, -0.2) is 8.42 Å². The summed E-state index contributed by atoms with van der Waals surface area (Å²) in [6.45, 7) is 1.58. The number of nitrogens with one attached hydrogen (secondary N) is 2. The molecule has 0 radical (unpaired) electrons. The fourth-order valence-electron chi connectivity index (χ4n) is 1.33. The van der Waals surface area contributed by atoms with Gasteiger partial charge in [-0.3, -0.25) is 9.52 Å². The first-order valence-corrected chi connectivity index (χ1v) is 7.69. The number of sulfonamides is 1. The Labute approximate surface area is 116 Å². The van der Waals surface area contributed by atoms with E-state index in [1.165, 1.54) is 25.1 Å². The lowest BCUT2D eigenvalue weighted by molar-refractivity contribution is 0.0925. The van der Waals surface area contributed by atoms with E-state index in [9.17, 15) is 13.2 Å². The predicted molar refractivity (Wildman–Crippen MR) is 73.9 cm³/mol. The van der Waals surface area contributed by atoms with Crippen LogP contribution in [-0.2, 0) is 10.0 Å². The molecule has 1 aromatic rings. The summed E-state index contributed by atoms with van der Waals surface area (Å²) in [4.78, 5) is 11.9. The lowest BCUT2D eigenvalue weighted by Gasteiger charge is -2.12. The topological polar surface area (TPSA) is 95.5 Å². The van der Waals surface area contributed by atoms with Crippen LogP contribution in [-0.4, -0.2) is 38.3 Å². The maximum absolute atomic E-state index is 11.9. The van der Waals surface area contributed by atoms with Gasteiger partial charge in [-0.2, -0.15) is 0 Å². The second-order valence-corrected chi connectivity index (χ2v) is 6.31. The average Bonchev–Trinajstić information content (AvgIpc) is 2.26. The number of carbonyl (C=O) groups excluding carboxylic acids is 1. The van der Waals surface area contributed by atoms with E-state index in [1.807, 2.05) is 0 Å². The van der Waals surface area contributed by atoms with Crippen LogP contribution in [0.4, 0.5) is 5.69 Å². The summed E-state index contributed by atoms with van der Waals surface area (Å²) < 4.78 is 24.7. The molecule has 0 heterocycles. The Kier molecular flexibility index (Phi) is 5.16. The zero-order valence-electron chi connectivity index (χ0n) is 10.5. The van der Waals surface area contributed by atoms with Crippen molar-refractivity contribution in [2.24, 2.45) is 0 Å². The number of hydrogen-bond acceptors (Lipinski definition) is 4. The summed E-state index contributed by atoms with van der Waals surface area (Å²) in [6.07, 6.45) is 0.286. The Morgan fingerprint density at radius 1 is 1.47 bits per heavy atom. The van der Waals surface area contributed by atoms with Gasteiger partial charge in [0.05, 0.1) is 23.6 Å². The first-order valence-electron chi connectivity index (χ1n) is 5.42. The summed E-state index contributed by atoms with van der Waals surface area (Å²) in [7, 11) is -3.50. The highest BCUT2D eigenvalue weighted by Crippen LogP contribution is 2.21. The Hall–Kier alpha value is -1.31. The molecule has 1 aromatic carbocycles. The number of halogens is 1. The first-order chi connectivity index (χ1) is 8.69. The molecule has 0 bridgehead atoms. The number of aliphatic hydroxyl groups is 1. The quantitative estimate of drug-likeness (QED) is 0.750. The van der Waals surface area contributed by atoms with Gasteiger partial charge in [-0.05, 0) is 25.1 Å². The van der Waals surface area contributed by atoms with Gasteiger partial charge in [-0.1, -0.05) is 11.6 Å². The number of amides is 1. The van der Waals surface area contributed by atoms with Gasteiger partial charge in [0.2, 0.25) is 10.0 Å². The number of aliphatic hydroxyl groups excluding tert-OH is 1. The summed E-state index contributed by atoms with van der Waals surface area (Å²) in [5.74, 6) is -0.519. The average molecular weight is 307 g/mol. The number of anilines is 1. The van der Waals surface area contributed by atoms with Gasteiger partial charge >= 0.3 is 0 Å². The summed E-state index contributed by atoms with van der Waals surface area (Å²) >= 11 is 5.79. The molecular formula is C11H15ClN2O4S. The van der Waals surface area contributed by atoms with E-state index in [1.54, 1.807) is 0 Å². The van der Waals surface area contributed by atoms with Crippen LogP contribution in [0.3, 0.4) is 0 Å². The molecule has 1 atom stereocenters. The van der Waals surface area contributed by atoms with Crippen molar-refractivity contribution in [1.82, 2.24) is 5.32 Å². The number of benzene rings is 1. The molecule has 1 unspecified atom stereocenters. The zero-order chi connectivity index (χ0) is 14.6. The zero-order valence-corrected chi connectivity index (χ0v) is 12.0. The number of rotatable bonds is 5. The van der Waals surface area contributed by atoms with Gasteiger partial charge in [0, 0.05) is 11.6 Å². The van der Waals surface area contributed by atoms with Gasteiger partial charge in [0.1, 0.15) is 0 Å². The normalized spacial score (nSPS) is 12.8. The van der Waals surface area contributed by atoms with Crippen LogP contribution in [0.1, 0.15) is 17.3 Å². The largest absolute Gasteiger partial charge is 0.392 e. The highest BCUT2D eigenvalue weighted by atomic mass is 35.5. The third kappa shape index (κ3) is 5.46.